The number of hydrogen-bond acceptors (Lipinski definition) is 5. The Labute approximate surface area is 248 Å². The Bertz CT molecular complexity index is 1450. The van der Waals surface area contributed by atoms with Gasteiger partial charge in [0.15, 0.2) is 0 Å². The molecule has 3 aromatic carbocycles. The molecule has 1 N–H and O–H groups in total. The predicted molar refractivity (Wildman–Crippen MR) is 164 cm³/mol. The number of rotatable bonds is 13. The molecular formula is C31H38ClN3O5S. The van der Waals surface area contributed by atoms with Crippen molar-refractivity contribution in [1.82, 2.24) is 10.2 Å². The fourth-order valence-electron chi connectivity index (χ4n) is 4.39. The van der Waals surface area contributed by atoms with Gasteiger partial charge in [-0.05, 0) is 55.2 Å². The number of methoxy groups -OCH3 is 1. The number of carbonyl (C=O) groups excluding carboxylic acids is 2. The summed E-state index contributed by atoms with van der Waals surface area (Å²) in [6.07, 6.45) is 1.97. The second-order valence-electron chi connectivity index (χ2n) is 10.1. The highest BCUT2D eigenvalue weighted by atomic mass is 35.5. The summed E-state index contributed by atoms with van der Waals surface area (Å²) in [5.41, 5.74) is 2.53. The van der Waals surface area contributed by atoms with E-state index >= 15 is 0 Å². The molecule has 0 heterocycles. The van der Waals surface area contributed by atoms with Gasteiger partial charge in [-0.1, -0.05) is 73.1 Å². The maximum Gasteiger partial charge on any atom is 0.244 e. The van der Waals surface area contributed by atoms with Crippen molar-refractivity contribution in [2.45, 2.75) is 52.2 Å². The molecular weight excluding hydrogens is 562 g/mol. The average Bonchev–Trinajstić information content (AvgIpc) is 2.94. The van der Waals surface area contributed by atoms with Gasteiger partial charge in [-0.2, -0.15) is 0 Å². The molecule has 0 saturated carbocycles. The molecule has 3 rings (SSSR count). The van der Waals surface area contributed by atoms with Crippen LogP contribution in [-0.4, -0.2) is 57.1 Å². The Morgan fingerprint density at radius 2 is 1.68 bits per heavy atom. The number of halogens is 1. The number of benzene rings is 3. The van der Waals surface area contributed by atoms with Crippen molar-refractivity contribution in [2.24, 2.45) is 0 Å². The monoisotopic (exact) mass is 599 g/mol. The zero-order valence-electron chi connectivity index (χ0n) is 24.1. The summed E-state index contributed by atoms with van der Waals surface area (Å²) in [6, 6.07) is 20.5. The van der Waals surface area contributed by atoms with E-state index in [9.17, 15) is 18.0 Å². The highest BCUT2D eigenvalue weighted by molar-refractivity contribution is 7.92. The standard InChI is InChI=1S/C31H38ClN3O5S/c1-6-23(3)33-31(37)28(19-24-12-8-7-9-13-24)34(20-25-14-10-11-15-26(25)32)30(36)21-35(41(5,38)39)27-18-22(2)16-17-29(27)40-4/h7-18,23,28H,6,19-21H2,1-5H3,(H,33,37). The van der Waals surface area contributed by atoms with Gasteiger partial charge >= 0.3 is 0 Å². The summed E-state index contributed by atoms with van der Waals surface area (Å²) < 4.78 is 32.6. The van der Waals surface area contributed by atoms with Crippen LogP contribution in [0.5, 0.6) is 5.75 Å². The van der Waals surface area contributed by atoms with E-state index in [0.29, 0.717) is 22.8 Å². The SMILES string of the molecule is CCC(C)NC(=O)C(Cc1ccccc1)N(Cc1ccccc1Cl)C(=O)CN(c1cc(C)ccc1OC)S(C)(=O)=O. The van der Waals surface area contributed by atoms with Gasteiger partial charge in [0.25, 0.3) is 0 Å². The highest BCUT2D eigenvalue weighted by Gasteiger charge is 2.34. The molecule has 10 heteroatoms. The average molecular weight is 600 g/mol. The van der Waals surface area contributed by atoms with Gasteiger partial charge in [-0.3, -0.25) is 13.9 Å². The third kappa shape index (κ3) is 8.71. The number of ether oxygens (including phenoxy) is 1. The van der Waals surface area contributed by atoms with Crippen LogP contribution in [0.25, 0.3) is 0 Å². The van der Waals surface area contributed by atoms with E-state index in [2.05, 4.69) is 5.32 Å². The Kier molecular flexibility index (Phi) is 11.2. The molecule has 0 aliphatic heterocycles. The van der Waals surface area contributed by atoms with Crippen LogP contribution in [0.3, 0.4) is 0 Å². The van der Waals surface area contributed by atoms with Gasteiger partial charge < -0.3 is 15.0 Å². The van der Waals surface area contributed by atoms with Gasteiger partial charge in [0.1, 0.15) is 18.3 Å². The molecule has 3 aromatic rings. The molecule has 2 unspecified atom stereocenters. The first-order valence-electron chi connectivity index (χ1n) is 13.4. The zero-order chi connectivity index (χ0) is 30.2. The molecule has 2 amide bonds. The topological polar surface area (TPSA) is 96.0 Å². The number of carbonyl (C=O) groups is 2. The van der Waals surface area contributed by atoms with Crippen LogP contribution in [0.1, 0.15) is 37.0 Å². The van der Waals surface area contributed by atoms with E-state index in [1.165, 1.54) is 12.0 Å². The summed E-state index contributed by atoms with van der Waals surface area (Å²) in [4.78, 5) is 29.4. The van der Waals surface area contributed by atoms with Crippen molar-refractivity contribution in [3.8, 4) is 5.75 Å². The number of anilines is 1. The van der Waals surface area contributed by atoms with E-state index < -0.39 is 28.5 Å². The number of nitrogens with zero attached hydrogens (tertiary/aromatic N) is 2. The number of hydrogen-bond donors (Lipinski definition) is 1. The first-order chi connectivity index (χ1) is 19.4. The van der Waals surface area contributed by atoms with Crippen LogP contribution in [0.15, 0.2) is 72.8 Å². The van der Waals surface area contributed by atoms with E-state index in [1.807, 2.05) is 51.1 Å². The quantitative estimate of drug-likeness (QED) is 0.299. The summed E-state index contributed by atoms with van der Waals surface area (Å²) >= 11 is 6.49. The van der Waals surface area contributed by atoms with E-state index in [4.69, 9.17) is 16.3 Å². The largest absolute Gasteiger partial charge is 0.495 e. The third-order valence-electron chi connectivity index (χ3n) is 6.85. The minimum Gasteiger partial charge on any atom is -0.495 e. The fourth-order valence-corrected chi connectivity index (χ4v) is 5.44. The van der Waals surface area contributed by atoms with E-state index in [0.717, 1.165) is 21.7 Å². The minimum atomic E-state index is -3.93. The number of sulfonamides is 1. The predicted octanol–water partition coefficient (Wildman–Crippen LogP) is 4.98. The van der Waals surface area contributed by atoms with Crippen LogP contribution >= 0.6 is 11.6 Å². The number of aryl methyl sites for hydroxylation is 1. The molecule has 0 fully saturated rings. The lowest BCUT2D eigenvalue weighted by Gasteiger charge is -2.34. The summed E-state index contributed by atoms with van der Waals surface area (Å²) in [5, 5.41) is 3.45. The molecule has 0 aliphatic carbocycles. The van der Waals surface area contributed by atoms with Gasteiger partial charge in [0.2, 0.25) is 21.8 Å². The van der Waals surface area contributed by atoms with Crippen molar-refractivity contribution in [1.29, 1.82) is 0 Å². The summed E-state index contributed by atoms with van der Waals surface area (Å²) in [5.74, 6) is -0.580. The zero-order valence-corrected chi connectivity index (χ0v) is 25.7. The van der Waals surface area contributed by atoms with Gasteiger partial charge in [-0.25, -0.2) is 8.42 Å². The lowest BCUT2D eigenvalue weighted by atomic mass is 10.0. The maximum atomic E-state index is 14.2. The molecule has 0 bridgehead atoms. The molecule has 220 valence electrons. The molecule has 0 aliphatic rings. The number of amides is 2. The molecule has 0 spiro atoms. The molecule has 0 saturated heterocycles. The van der Waals surface area contributed by atoms with Crippen LogP contribution in [0.4, 0.5) is 5.69 Å². The highest BCUT2D eigenvalue weighted by Crippen LogP contribution is 2.31. The Hall–Kier alpha value is -3.56. The molecule has 8 nitrogen and oxygen atoms in total. The lowest BCUT2D eigenvalue weighted by molar-refractivity contribution is -0.140. The molecule has 2 atom stereocenters. The van der Waals surface area contributed by atoms with E-state index in [-0.39, 0.29) is 30.6 Å². The Balaban J connectivity index is 2.11. The third-order valence-corrected chi connectivity index (χ3v) is 8.35. The normalized spacial score (nSPS) is 12.7. The summed E-state index contributed by atoms with van der Waals surface area (Å²) in [7, 11) is -2.49. The Morgan fingerprint density at radius 1 is 1.02 bits per heavy atom. The molecule has 41 heavy (non-hydrogen) atoms. The second kappa shape index (κ2) is 14.4. The number of nitrogens with one attached hydrogen (secondary N) is 1. The van der Waals surface area contributed by atoms with E-state index in [1.54, 1.807) is 42.5 Å². The van der Waals surface area contributed by atoms with Crippen LogP contribution in [0, 0.1) is 6.92 Å². The van der Waals surface area contributed by atoms with Gasteiger partial charge in [0.05, 0.1) is 19.1 Å². The van der Waals surface area contributed by atoms with Crippen LogP contribution in [0.2, 0.25) is 5.02 Å². The Morgan fingerprint density at radius 3 is 2.29 bits per heavy atom. The van der Waals surface area contributed by atoms with Crippen molar-refractivity contribution in [3.63, 3.8) is 0 Å². The van der Waals surface area contributed by atoms with Gasteiger partial charge in [-0.15, -0.1) is 0 Å². The van der Waals surface area contributed by atoms with Crippen LogP contribution in [-0.2, 0) is 32.6 Å². The molecule has 0 aromatic heterocycles. The van der Waals surface area contributed by atoms with Crippen molar-refractivity contribution >= 4 is 39.1 Å². The van der Waals surface area contributed by atoms with Crippen molar-refractivity contribution in [2.75, 3.05) is 24.2 Å². The first-order valence-corrected chi connectivity index (χ1v) is 15.7. The van der Waals surface area contributed by atoms with Crippen LogP contribution < -0.4 is 14.4 Å². The van der Waals surface area contributed by atoms with Gasteiger partial charge in [0, 0.05) is 24.0 Å². The maximum absolute atomic E-state index is 14.2. The smallest absolute Gasteiger partial charge is 0.244 e. The summed E-state index contributed by atoms with van der Waals surface area (Å²) in [6.45, 7) is 5.15. The van der Waals surface area contributed by atoms with Crippen molar-refractivity contribution in [3.05, 3.63) is 94.5 Å². The fraction of sp³-hybridized carbons (Fsp3) is 0.355. The molecule has 0 radical (unpaired) electrons. The first kappa shape index (κ1) is 32.0. The lowest BCUT2D eigenvalue weighted by Crippen LogP contribution is -2.54. The van der Waals surface area contributed by atoms with Crippen molar-refractivity contribution < 1.29 is 22.7 Å². The second-order valence-corrected chi connectivity index (χ2v) is 12.4. The minimum absolute atomic E-state index is 0.00644.